The summed E-state index contributed by atoms with van der Waals surface area (Å²) in [7, 11) is -1.22. The first-order valence-electron chi connectivity index (χ1n) is 6.89. The Kier molecular flexibility index (Phi) is 4.13. The van der Waals surface area contributed by atoms with Gasteiger partial charge in [0, 0.05) is 18.5 Å². The van der Waals surface area contributed by atoms with Crippen LogP contribution in [0.4, 0.5) is 0 Å². The van der Waals surface area contributed by atoms with Gasteiger partial charge in [-0.15, -0.1) is 0 Å². The predicted molar refractivity (Wildman–Crippen MR) is 69.3 cm³/mol. The summed E-state index contributed by atoms with van der Waals surface area (Å²) < 4.78 is 0. The van der Waals surface area contributed by atoms with Gasteiger partial charge >= 0.3 is 7.12 Å². The molecule has 0 aromatic rings. The molecule has 2 aliphatic rings. The van der Waals surface area contributed by atoms with Gasteiger partial charge in [0.25, 0.3) is 0 Å². The molecule has 0 bridgehead atoms. The number of hydrogen-bond donors (Lipinski definition) is 3. The van der Waals surface area contributed by atoms with Crippen molar-refractivity contribution in [2.45, 2.75) is 57.4 Å². The van der Waals surface area contributed by atoms with Crippen molar-refractivity contribution in [1.82, 2.24) is 4.90 Å². The number of nitrogens with zero attached hydrogens (tertiary/aromatic N) is 1. The van der Waals surface area contributed by atoms with Crippen LogP contribution in [-0.2, 0) is 0 Å². The summed E-state index contributed by atoms with van der Waals surface area (Å²) >= 11 is 0. The summed E-state index contributed by atoms with van der Waals surface area (Å²) in [6.45, 7) is 4.04. The van der Waals surface area contributed by atoms with Crippen LogP contribution >= 0.6 is 0 Å². The van der Waals surface area contributed by atoms with E-state index in [2.05, 4.69) is 11.8 Å². The zero-order chi connectivity index (χ0) is 12.5. The van der Waals surface area contributed by atoms with Gasteiger partial charge in [0.2, 0.25) is 0 Å². The fraction of sp³-hybridized carbons (Fsp3) is 1.00. The fourth-order valence-electron chi connectivity index (χ4n) is 3.44. The summed E-state index contributed by atoms with van der Waals surface area (Å²) in [4.78, 5) is 2.17. The molecule has 1 aliphatic carbocycles. The summed E-state index contributed by atoms with van der Waals surface area (Å²) in [6, 6.07) is 0.157. The monoisotopic (exact) mass is 240 g/mol. The Morgan fingerprint density at radius 1 is 1.35 bits per heavy atom. The van der Waals surface area contributed by atoms with Gasteiger partial charge in [-0.25, -0.2) is 0 Å². The lowest BCUT2D eigenvalue weighted by molar-refractivity contribution is 0.175. The van der Waals surface area contributed by atoms with Crippen molar-refractivity contribution in [3.8, 4) is 0 Å². The Balaban J connectivity index is 1.91. The van der Waals surface area contributed by atoms with Crippen LogP contribution in [0.2, 0.25) is 0 Å². The van der Waals surface area contributed by atoms with E-state index in [9.17, 15) is 10.0 Å². The second kappa shape index (κ2) is 5.27. The second-order valence-corrected chi connectivity index (χ2v) is 6.09. The second-order valence-electron chi connectivity index (χ2n) is 6.09. The van der Waals surface area contributed by atoms with Crippen LogP contribution < -0.4 is 5.73 Å². The zero-order valence-corrected chi connectivity index (χ0v) is 10.8. The molecule has 0 radical (unpaired) electrons. The molecule has 0 aromatic carbocycles. The highest BCUT2D eigenvalue weighted by molar-refractivity contribution is 6.43. The molecule has 1 aliphatic heterocycles. The van der Waals surface area contributed by atoms with Crippen molar-refractivity contribution in [3.63, 3.8) is 0 Å². The van der Waals surface area contributed by atoms with Gasteiger partial charge in [-0.1, -0.05) is 19.8 Å². The minimum Gasteiger partial charge on any atom is -0.426 e. The van der Waals surface area contributed by atoms with Crippen LogP contribution in [-0.4, -0.2) is 47.1 Å². The summed E-state index contributed by atoms with van der Waals surface area (Å²) in [5.41, 5.74) is 6.61. The van der Waals surface area contributed by atoms with Gasteiger partial charge in [0.15, 0.2) is 0 Å². The third kappa shape index (κ3) is 2.84. The van der Waals surface area contributed by atoms with E-state index < -0.39 is 7.12 Å². The van der Waals surface area contributed by atoms with Gasteiger partial charge in [0.05, 0.1) is 0 Å². The van der Waals surface area contributed by atoms with E-state index in [4.69, 9.17) is 5.73 Å². The Morgan fingerprint density at radius 3 is 2.59 bits per heavy atom. The Labute approximate surface area is 104 Å². The standard InChI is InChI=1S/C12H25BN2O2/c1-12(6-2-3-7-12)10(14)9-15-8-4-5-11(15)13(16)17/h10-11,16-17H,2-9,14H2,1H3/t10-,11+/m1/s1. The molecule has 2 fully saturated rings. The van der Waals surface area contributed by atoms with Crippen LogP contribution in [0.3, 0.4) is 0 Å². The molecule has 1 saturated heterocycles. The Bertz CT molecular complexity index is 257. The predicted octanol–water partition coefficient (Wildman–Crippen LogP) is 0.370. The van der Waals surface area contributed by atoms with E-state index >= 15 is 0 Å². The summed E-state index contributed by atoms with van der Waals surface area (Å²) in [5, 5.41) is 18.7. The van der Waals surface area contributed by atoms with Crippen molar-refractivity contribution < 1.29 is 10.0 Å². The molecule has 1 saturated carbocycles. The van der Waals surface area contributed by atoms with Gasteiger partial charge in [0.1, 0.15) is 0 Å². The third-order valence-electron chi connectivity index (χ3n) is 4.83. The van der Waals surface area contributed by atoms with E-state index in [0.717, 1.165) is 25.9 Å². The molecule has 98 valence electrons. The van der Waals surface area contributed by atoms with Gasteiger partial charge in [-0.3, -0.25) is 0 Å². The normalized spacial score (nSPS) is 30.7. The number of nitrogens with two attached hydrogens (primary N) is 1. The molecule has 5 heteroatoms. The molecule has 0 spiro atoms. The first-order chi connectivity index (χ1) is 8.03. The largest absolute Gasteiger partial charge is 0.469 e. The quantitative estimate of drug-likeness (QED) is 0.621. The molecule has 0 aromatic heterocycles. The highest BCUT2D eigenvalue weighted by Crippen LogP contribution is 2.40. The highest BCUT2D eigenvalue weighted by Gasteiger charge is 2.39. The topological polar surface area (TPSA) is 69.7 Å². The number of hydrogen-bond acceptors (Lipinski definition) is 4. The molecular weight excluding hydrogens is 215 g/mol. The van der Waals surface area contributed by atoms with E-state index in [0.29, 0.717) is 0 Å². The van der Waals surface area contributed by atoms with Gasteiger partial charge < -0.3 is 20.7 Å². The summed E-state index contributed by atoms with van der Waals surface area (Å²) in [6.07, 6.45) is 6.93. The van der Waals surface area contributed by atoms with Crippen LogP contribution in [0.25, 0.3) is 0 Å². The van der Waals surface area contributed by atoms with Crippen LogP contribution in [0.1, 0.15) is 45.4 Å². The van der Waals surface area contributed by atoms with E-state index in [1.165, 1.54) is 25.7 Å². The lowest BCUT2D eigenvalue weighted by Crippen LogP contribution is -2.51. The molecule has 2 rings (SSSR count). The van der Waals surface area contributed by atoms with Crippen molar-refractivity contribution >= 4 is 7.12 Å². The Hall–Kier alpha value is -0.0951. The number of rotatable bonds is 4. The lowest BCUT2D eigenvalue weighted by Gasteiger charge is -2.36. The molecule has 2 atom stereocenters. The number of likely N-dealkylation sites (tertiary alicyclic amines) is 1. The minimum atomic E-state index is -1.22. The average Bonchev–Trinajstić information content (AvgIpc) is 2.87. The molecule has 0 amide bonds. The van der Waals surface area contributed by atoms with Gasteiger partial charge in [-0.2, -0.15) is 0 Å². The third-order valence-corrected chi connectivity index (χ3v) is 4.83. The fourth-order valence-corrected chi connectivity index (χ4v) is 3.44. The molecule has 1 heterocycles. The maximum absolute atomic E-state index is 9.34. The zero-order valence-electron chi connectivity index (χ0n) is 10.8. The van der Waals surface area contributed by atoms with Gasteiger partial charge in [-0.05, 0) is 37.6 Å². The molecule has 4 N–H and O–H groups in total. The minimum absolute atomic E-state index is 0.106. The maximum Gasteiger partial charge on any atom is 0.469 e. The van der Waals surface area contributed by atoms with E-state index in [1.807, 2.05) is 0 Å². The van der Waals surface area contributed by atoms with Crippen molar-refractivity contribution in [2.75, 3.05) is 13.1 Å². The highest BCUT2D eigenvalue weighted by atomic mass is 16.4. The van der Waals surface area contributed by atoms with Crippen molar-refractivity contribution in [3.05, 3.63) is 0 Å². The van der Waals surface area contributed by atoms with Crippen molar-refractivity contribution in [2.24, 2.45) is 11.1 Å². The lowest BCUT2D eigenvalue weighted by atomic mass is 9.76. The van der Waals surface area contributed by atoms with Crippen LogP contribution in [0.5, 0.6) is 0 Å². The van der Waals surface area contributed by atoms with E-state index in [1.54, 1.807) is 0 Å². The SMILES string of the molecule is CC1([C@H](N)CN2CCC[C@H]2B(O)O)CCCC1. The average molecular weight is 240 g/mol. The summed E-state index contributed by atoms with van der Waals surface area (Å²) in [5.74, 6) is -0.106. The van der Waals surface area contributed by atoms with Crippen molar-refractivity contribution in [1.29, 1.82) is 0 Å². The molecule has 4 nitrogen and oxygen atoms in total. The Morgan fingerprint density at radius 2 is 2.00 bits per heavy atom. The first kappa shape index (κ1) is 13.3. The smallest absolute Gasteiger partial charge is 0.426 e. The van der Waals surface area contributed by atoms with E-state index in [-0.39, 0.29) is 17.4 Å². The molecule has 0 unspecified atom stereocenters. The van der Waals surface area contributed by atoms with Crippen LogP contribution in [0.15, 0.2) is 0 Å². The first-order valence-corrected chi connectivity index (χ1v) is 6.89. The molecular formula is C12H25BN2O2. The van der Waals surface area contributed by atoms with Crippen LogP contribution in [0, 0.1) is 5.41 Å². The molecule has 17 heavy (non-hydrogen) atoms. The maximum atomic E-state index is 9.34.